The molecule has 0 bridgehead atoms. The molecule has 1 N–H and O–H groups in total. The van der Waals surface area contributed by atoms with Crippen LogP contribution in [0.25, 0.3) is 10.8 Å². The molecule has 4 heteroatoms. The van der Waals surface area contributed by atoms with Gasteiger partial charge in [0.15, 0.2) is 0 Å². The van der Waals surface area contributed by atoms with E-state index in [1.165, 1.54) is 17.0 Å². The summed E-state index contributed by atoms with van der Waals surface area (Å²) in [5.41, 5.74) is 2.32. The van der Waals surface area contributed by atoms with Crippen LogP contribution in [0.1, 0.15) is 28.0 Å². The summed E-state index contributed by atoms with van der Waals surface area (Å²) in [5.74, 6) is -0.915. The van der Waals surface area contributed by atoms with Crippen molar-refractivity contribution in [3.8, 4) is 0 Å². The van der Waals surface area contributed by atoms with Crippen LogP contribution in [-0.4, -0.2) is 21.0 Å². The van der Waals surface area contributed by atoms with Gasteiger partial charge in [-0.05, 0) is 42.3 Å². The lowest BCUT2D eigenvalue weighted by molar-refractivity contribution is 0.0696. The first kappa shape index (κ1) is 14.2. The van der Waals surface area contributed by atoms with Gasteiger partial charge in [0.05, 0.1) is 5.56 Å². The smallest absolute Gasteiger partial charge is 0.335 e. The number of aryl methyl sites for hydroxylation is 2. The van der Waals surface area contributed by atoms with Crippen LogP contribution in [0.2, 0.25) is 0 Å². The Morgan fingerprint density at radius 3 is 2.82 bits per heavy atom. The van der Waals surface area contributed by atoms with Crippen LogP contribution in [0.5, 0.6) is 0 Å². The standard InChI is InChI=1S/C18H16N2O2/c21-18(22)13-8-9-20-16(10-13)6-3-5-15-12-19-11-14-4-1-2-7-17(14)15/h1-2,4,7-12H,3,5-6H2,(H,21,22). The molecule has 0 atom stereocenters. The zero-order chi connectivity index (χ0) is 15.4. The molecule has 2 aromatic heterocycles. The molecular formula is C18H16N2O2. The van der Waals surface area contributed by atoms with Crippen molar-refractivity contribution in [2.45, 2.75) is 19.3 Å². The molecule has 0 unspecified atom stereocenters. The number of rotatable bonds is 5. The van der Waals surface area contributed by atoms with Crippen LogP contribution < -0.4 is 0 Å². The van der Waals surface area contributed by atoms with Crippen molar-refractivity contribution in [2.24, 2.45) is 0 Å². The lowest BCUT2D eigenvalue weighted by Gasteiger charge is -2.06. The Balaban J connectivity index is 1.70. The molecule has 0 radical (unpaired) electrons. The maximum absolute atomic E-state index is 11.0. The predicted molar refractivity (Wildman–Crippen MR) is 85.0 cm³/mol. The van der Waals surface area contributed by atoms with Crippen molar-refractivity contribution in [3.05, 3.63) is 71.8 Å². The molecule has 0 spiro atoms. The summed E-state index contributed by atoms with van der Waals surface area (Å²) in [6.07, 6.45) is 7.89. The minimum Gasteiger partial charge on any atom is -0.478 e. The molecule has 0 amide bonds. The molecule has 2 heterocycles. The summed E-state index contributed by atoms with van der Waals surface area (Å²) < 4.78 is 0. The van der Waals surface area contributed by atoms with Crippen molar-refractivity contribution in [1.82, 2.24) is 9.97 Å². The van der Waals surface area contributed by atoms with E-state index in [0.29, 0.717) is 0 Å². The number of carbonyl (C=O) groups is 1. The molecule has 0 aliphatic carbocycles. The normalized spacial score (nSPS) is 10.7. The monoisotopic (exact) mass is 292 g/mol. The SMILES string of the molecule is O=C(O)c1ccnc(CCCc2cncc3ccccc23)c1. The molecule has 3 aromatic rings. The van der Waals surface area contributed by atoms with E-state index in [4.69, 9.17) is 5.11 Å². The van der Waals surface area contributed by atoms with E-state index in [9.17, 15) is 4.79 Å². The van der Waals surface area contributed by atoms with E-state index in [1.54, 1.807) is 12.3 Å². The second-order valence-electron chi connectivity index (χ2n) is 5.21. The summed E-state index contributed by atoms with van der Waals surface area (Å²) in [4.78, 5) is 19.5. The van der Waals surface area contributed by atoms with Gasteiger partial charge in [0.1, 0.15) is 0 Å². The first-order chi connectivity index (χ1) is 10.7. The fraction of sp³-hybridized carbons (Fsp3) is 0.167. The average molecular weight is 292 g/mol. The molecule has 1 aromatic carbocycles. The zero-order valence-electron chi connectivity index (χ0n) is 12.1. The summed E-state index contributed by atoms with van der Waals surface area (Å²) in [6, 6.07) is 11.4. The highest BCUT2D eigenvalue weighted by Crippen LogP contribution is 2.19. The highest BCUT2D eigenvalue weighted by atomic mass is 16.4. The van der Waals surface area contributed by atoms with E-state index in [1.807, 2.05) is 24.5 Å². The molecule has 0 fully saturated rings. The zero-order valence-corrected chi connectivity index (χ0v) is 12.1. The van der Waals surface area contributed by atoms with Crippen LogP contribution in [-0.2, 0) is 12.8 Å². The van der Waals surface area contributed by atoms with Gasteiger partial charge < -0.3 is 5.11 Å². The summed E-state index contributed by atoms with van der Waals surface area (Å²) in [5, 5.41) is 11.4. The molecule has 0 saturated carbocycles. The third-order valence-corrected chi connectivity index (χ3v) is 3.69. The van der Waals surface area contributed by atoms with Crippen LogP contribution in [0.4, 0.5) is 0 Å². The summed E-state index contributed by atoms with van der Waals surface area (Å²) >= 11 is 0. The maximum atomic E-state index is 11.0. The molecule has 3 rings (SSSR count). The number of nitrogens with zero attached hydrogens (tertiary/aromatic N) is 2. The largest absolute Gasteiger partial charge is 0.478 e. The molecule has 22 heavy (non-hydrogen) atoms. The van der Waals surface area contributed by atoms with E-state index >= 15 is 0 Å². The highest BCUT2D eigenvalue weighted by molar-refractivity contribution is 5.87. The topological polar surface area (TPSA) is 63.1 Å². The fourth-order valence-corrected chi connectivity index (χ4v) is 2.59. The second kappa shape index (κ2) is 6.35. The molecule has 110 valence electrons. The summed E-state index contributed by atoms with van der Waals surface area (Å²) in [6.45, 7) is 0. The number of fused-ring (bicyclic) bond motifs is 1. The quantitative estimate of drug-likeness (QED) is 0.781. The third kappa shape index (κ3) is 3.11. The van der Waals surface area contributed by atoms with E-state index in [0.717, 1.165) is 30.3 Å². The van der Waals surface area contributed by atoms with E-state index in [2.05, 4.69) is 22.1 Å². The van der Waals surface area contributed by atoms with Gasteiger partial charge in [-0.1, -0.05) is 24.3 Å². The number of carboxylic acid groups (broad SMARTS) is 1. The van der Waals surface area contributed by atoms with Gasteiger partial charge in [-0.25, -0.2) is 4.79 Å². The second-order valence-corrected chi connectivity index (χ2v) is 5.21. The number of aromatic carboxylic acids is 1. The van der Waals surface area contributed by atoms with E-state index < -0.39 is 5.97 Å². The van der Waals surface area contributed by atoms with E-state index in [-0.39, 0.29) is 5.56 Å². The molecule has 0 saturated heterocycles. The Hall–Kier alpha value is -2.75. The number of benzene rings is 1. The predicted octanol–water partition coefficient (Wildman–Crippen LogP) is 3.50. The van der Waals surface area contributed by atoms with Crippen molar-refractivity contribution >= 4 is 16.7 Å². The van der Waals surface area contributed by atoms with Gasteiger partial charge in [0.2, 0.25) is 0 Å². The van der Waals surface area contributed by atoms with Gasteiger partial charge >= 0.3 is 5.97 Å². The maximum Gasteiger partial charge on any atom is 0.335 e. The average Bonchev–Trinajstić information content (AvgIpc) is 2.55. The van der Waals surface area contributed by atoms with Crippen molar-refractivity contribution < 1.29 is 9.90 Å². The minimum absolute atomic E-state index is 0.289. The Morgan fingerprint density at radius 1 is 1.09 bits per heavy atom. The minimum atomic E-state index is -0.915. The lowest BCUT2D eigenvalue weighted by atomic mass is 10.0. The van der Waals surface area contributed by atoms with Gasteiger partial charge in [-0.15, -0.1) is 0 Å². The van der Waals surface area contributed by atoms with Crippen LogP contribution in [0.3, 0.4) is 0 Å². The number of pyridine rings is 2. The van der Waals surface area contributed by atoms with Gasteiger partial charge in [-0.2, -0.15) is 0 Å². The fourth-order valence-electron chi connectivity index (χ4n) is 2.59. The molecule has 4 nitrogen and oxygen atoms in total. The first-order valence-corrected chi connectivity index (χ1v) is 7.24. The van der Waals surface area contributed by atoms with Crippen molar-refractivity contribution in [1.29, 1.82) is 0 Å². The molecule has 0 aliphatic rings. The Labute approximate surface area is 128 Å². The van der Waals surface area contributed by atoms with Gasteiger partial charge in [0.25, 0.3) is 0 Å². The number of hydrogen-bond donors (Lipinski definition) is 1. The van der Waals surface area contributed by atoms with Crippen LogP contribution in [0, 0.1) is 0 Å². The van der Waals surface area contributed by atoms with Crippen molar-refractivity contribution in [3.63, 3.8) is 0 Å². The molecule has 0 aliphatic heterocycles. The Kier molecular flexibility index (Phi) is 4.10. The molecular weight excluding hydrogens is 276 g/mol. The van der Waals surface area contributed by atoms with Crippen molar-refractivity contribution in [2.75, 3.05) is 0 Å². The van der Waals surface area contributed by atoms with Crippen LogP contribution in [0.15, 0.2) is 55.0 Å². The number of aromatic nitrogens is 2. The van der Waals surface area contributed by atoms with Gasteiger partial charge in [-0.3, -0.25) is 9.97 Å². The number of carboxylic acids is 1. The first-order valence-electron chi connectivity index (χ1n) is 7.24. The van der Waals surface area contributed by atoms with Crippen LogP contribution >= 0.6 is 0 Å². The third-order valence-electron chi connectivity index (χ3n) is 3.69. The van der Waals surface area contributed by atoms with Gasteiger partial charge in [0, 0.05) is 29.7 Å². The lowest BCUT2D eigenvalue weighted by Crippen LogP contribution is -2.00. The Bertz CT molecular complexity index is 810. The Morgan fingerprint density at radius 2 is 1.95 bits per heavy atom. The number of hydrogen-bond acceptors (Lipinski definition) is 3. The highest BCUT2D eigenvalue weighted by Gasteiger charge is 2.05. The summed E-state index contributed by atoms with van der Waals surface area (Å²) in [7, 11) is 0.